The maximum atomic E-state index is 7.44. The van der Waals surface area contributed by atoms with Crippen molar-refractivity contribution in [2.24, 2.45) is 0 Å². The van der Waals surface area contributed by atoms with Crippen LogP contribution in [-0.4, -0.2) is 27.6 Å². The molecular formula is C59H58IrN4OSi-2. The Labute approximate surface area is 409 Å². The molecule has 0 amide bonds. The molecule has 0 N–H and O–H groups in total. The van der Waals surface area contributed by atoms with Crippen molar-refractivity contribution in [3.63, 3.8) is 0 Å². The second-order valence-corrected chi connectivity index (χ2v) is 24.1. The fraction of sp³-hybridized carbons (Fsp3) is 0.237. The van der Waals surface area contributed by atoms with Gasteiger partial charge in [-0.25, -0.2) is 0 Å². The van der Waals surface area contributed by atoms with Crippen LogP contribution in [0.2, 0.25) is 19.6 Å². The summed E-state index contributed by atoms with van der Waals surface area (Å²) in [5, 5.41) is 4.57. The van der Waals surface area contributed by atoms with E-state index in [2.05, 4.69) is 175 Å². The van der Waals surface area contributed by atoms with Crippen LogP contribution in [0.25, 0.3) is 83.3 Å². The molecule has 0 fully saturated rings. The summed E-state index contributed by atoms with van der Waals surface area (Å²) in [4.78, 5) is 15.2. The Morgan fingerprint density at radius 1 is 0.682 bits per heavy atom. The Bertz CT molecular complexity index is 3450. The third-order valence-electron chi connectivity index (χ3n) is 12.4. The van der Waals surface area contributed by atoms with E-state index in [9.17, 15) is 0 Å². The van der Waals surface area contributed by atoms with Gasteiger partial charge in [0.1, 0.15) is 5.58 Å². The van der Waals surface area contributed by atoms with Gasteiger partial charge in [0.05, 0.1) is 41.7 Å². The number of benzene rings is 6. The minimum atomic E-state index is -2.09. The van der Waals surface area contributed by atoms with E-state index < -0.39 is 14.9 Å². The van der Waals surface area contributed by atoms with Gasteiger partial charge in [-0.3, -0.25) is 9.97 Å². The average molecular weight is 1060 g/mol. The molecule has 0 atom stereocenters. The van der Waals surface area contributed by atoms with Crippen molar-refractivity contribution in [3.05, 3.63) is 174 Å². The number of hydrogen-bond acceptors (Lipinski definition) is 4. The van der Waals surface area contributed by atoms with Crippen LogP contribution in [0.3, 0.4) is 0 Å². The van der Waals surface area contributed by atoms with Gasteiger partial charge in [-0.05, 0) is 82.1 Å². The van der Waals surface area contributed by atoms with Crippen molar-refractivity contribution in [1.29, 1.82) is 0 Å². The Morgan fingerprint density at radius 2 is 1.35 bits per heavy atom. The summed E-state index contributed by atoms with van der Waals surface area (Å²) >= 11 is 0. The van der Waals surface area contributed by atoms with Gasteiger partial charge in [-0.15, -0.1) is 53.6 Å². The van der Waals surface area contributed by atoms with Crippen molar-refractivity contribution in [1.82, 2.24) is 19.5 Å². The van der Waals surface area contributed by atoms with Crippen molar-refractivity contribution in [3.8, 4) is 39.5 Å². The van der Waals surface area contributed by atoms with E-state index in [1.54, 1.807) is 18.2 Å². The fourth-order valence-corrected chi connectivity index (χ4v) is 10.8. The molecule has 66 heavy (non-hydrogen) atoms. The zero-order valence-electron chi connectivity index (χ0n) is 42.5. The SMILES string of the molecule is Cc1nc2ccccc2c2nc(-c3[c-]ccc4c3oc3ccccc34)n(-c3c(C(C)C)cc(-c4ccccc4)cc3C(C)C)c12.[2H]C([2H])([2H])c1c[c-]c(-c2cc(C(C)C)c([Si](C)(C)C)cn2)cc1.[Ir]. The van der Waals surface area contributed by atoms with Crippen LogP contribution in [0.1, 0.15) is 91.4 Å². The van der Waals surface area contributed by atoms with Crippen LogP contribution in [-0.2, 0) is 20.1 Å². The van der Waals surface area contributed by atoms with Crippen molar-refractivity contribution >= 4 is 57.1 Å². The molecule has 4 aromatic heterocycles. The first-order valence-corrected chi connectivity index (χ1v) is 26.3. The van der Waals surface area contributed by atoms with Gasteiger partial charge in [0.25, 0.3) is 0 Å². The van der Waals surface area contributed by atoms with Crippen LogP contribution in [0.4, 0.5) is 0 Å². The first-order chi connectivity index (χ1) is 32.4. The molecule has 6 aromatic carbocycles. The molecule has 0 aliphatic heterocycles. The first-order valence-electron chi connectivity index (χ1n) is 24.3. The number of aryl methyl sites for hydroxylation is 2. The van der Waals surface area contributed by atoms with Crippen LogP contribution in [0, 0.1) is 25.9 Å². The Morgan fingerprint density at radius 3 is 2.00 bits per heavy atom. The van der Waals surface area contributed by atoms with Gasteiger partial charge in [0, 0.05) is 46.9 Å². The maximum absolute atomic E-state index is 7.44. The summed E-state index contributed by atoms with van der Waals surface area (Å²) < 4.78 is 31.3. The van der Waals surface area contributed by atoms with Gasteiger partial charge >= 0.3 is 0 Å². The maximum Gasteiger partial charge on any atom is 0.120 e. The second kappa shape index (κ2) is 18.7. The van der Waals surface area contributed by atoms with E-state index in [-0.39, 0.29) is 31.9 Å². The summed E-state index contributed by atoms with van der Waals surface area (Å²) in [7, 11) is -1.45. The normalized spacial score (nSPS) is 12.7. The average Bonchev–Trinajstić information content (AvgIpc) is 3.91. The van der Waals surface area contributed by atoms with Crippen molar-refractivity contribution in [2.45, 2.75) is 92.7 Å². The standard InChI is InChI=1S/C41H34N3O.C18H24NSi.Ir/c1-24(2)33-22-28(27-14-7-6-8-15-27)23-34(25(3)4)39(33)44-38-26(5)42-35-20-11-9-17-31(35)37(38)43-41(44)32-19-13-18-30-29-16-10-12-21-36(29)45-40(30)32;1-13(2)16-11-17(15-9-7-14(3)8-10-15)19-12-18(16)20(4,5)6;/h6-18,20-25H,1-5H3;7-9,11-13H,1-6H3;/q2*-1;/i;3D3;. The largest absolute Gasteiger partial charge is 0.501 e. The number of hydrogen-bond donors (Lipinski definition) is 0. The molecular weight excluding hydrogens is 1000 g/mol. The molecule has 0 aliphatic rings. The van der Waals surface area contributed by atoms with E-state index in [1.165, 1.54) is 38.7 Å². The topological polar surface area (TPSA) is 56.7 Å². The van der Waals surface area contributed by atoms with Gasteiger partial charge in [-0.1, -0.05) is 157 Å². The molecule has 5 nitrogen and oxygen atoms in total. The number of rotatable bonds is 8. The zero-order chi connectivity index (χ0) is 48.2. The predicted octanol–water partition coefficient (Wildman–Crippen LogP) is 15.7. The molecule has 0 saturated heterocycles. The second-order valence-electron chi connectivity index (χ2n) is 19.1. The number of furan rings is 1. The number of fused-ring (bicyclic) bond motifs is 6. The number of imidazole rings is 1. The van der Waals surface area contributed by atoms with E-state index in [0.717, 1.165) is 72.2 Å². The molecule has 0 bridgehead atoms. The Kier molecular flexibility index (Phi) is 12.1. The van der Waals surface area contributed by atoms with Crippen LogP contribution < -0.4 is 5.19 Å². The molecule has 0 spiro atoms. The summed E-state index contributed by atoms with van der Waals surface area (Å²) in [5.41, 5.74) is 15.8. The predicted molar refractivity (Wildman–Crippen MR) is 277 cm³/mol. The van der Waals surface area contributed by atoms with Gasteiger partial charge in [0.15, 0.2) is 0 Å². The molecule has 7 heteroatoms. The summed E-state index contributed by atoms with van der Waals surface area (Å²) in [6.45, 7) is 20.5. The quantitative estimate of drug-likeness (QED) is 0.112. The Balaban J connectivity index is 0.000000227. The molecule has 10 aromatic rings. The molecule has 10 rings (SSSR count). The number of aromatic nitrogens is 4. The molecule has 4 heterocycles. The number of para-hydroxylation sites is 2. The monoisotopic (exact) mass is 1060 g/mol. The molecule has 1 radical (unpaired) electrons. The van der Waals surface area contributed by atoms with E-state index in [1.807, 2.05) is 30.5 Å². The van der Waals surface area contributed by atoms with Crippen molar-refractivity contribution in [2.75, 3.05) is 0 Å². The van der Waals surface area contributed by atoms with Crippen molar-refractivity contribution < 1.29 is 28.6 Å². The minimum absolute atomic E-state index is 0. The fourth-order valence-electron chi connectivity index (χ4n) is 9.11. The van der Waals surface area contributed by atoms with Crippen LogP contribution in [0.15, 0.2) is 138 Å². The third kappa shape index (κ3) is 8.73. The summed E-state index contributed by atoms with van der Waals surface area (Å²) in [6.07, 6.45) is 2.00. The van der Waals surface area contributed by atoms with Gasteiger partial charge in [0.2, 0.25) is 0 Å². The number of nitrogens with zero attached hydrogens (tertiary/aromatic N) is 4. The zero-order valence-corrected chi connectivity index (χ0v) is 42.9. The minimum Gasteiger partial charge on any atom is -0.501 e. The van der Waals surface area contributed by atoms with Gasteiger partial charge in [-0.2, -0.15) is 0 Å². The summed E-state index contributed by atoms with van der Waals surface area (Å²) in [5.74, 6) is 1.75. The summed E-state index contributed by atoms with van der Waals surface area (Å²) in [6, 6.07) is 49.8. The van der Waals surface area contributed by atoms with E-state index >= 15 is 0 Å². The van der Waals surface area contributed by atoms with E-state index in [4.69, 9.17) is 18.5 Å². The molecule has 0 saturated carbocycles. The molecule has 0 aliphatic carbocycles. The molecule has 0 unspecified atom stereocenters. The third-order valence-corrected chi connectivity index (χ3v) is 14.5. The first kappa shape index (κ1) is 42.6. The van der Waals surface area contributed by atoms with Crippen LogP contribution >= 0.6 is 0 Å². The smallest absolute Gasteiger partial charge is 0.120 e. The number of pyridine rings is 2. The van der Waals surface area contributed by atoms with Crippen LogP contribution in [0.5, 0.6) is 0 Å². The van der Waals surface area contributed by atoms with E-state index in [0.29, 0.717) is 11.5 Å². The Hall–Kier alpha value is -5.98. The molecule has 335 valence electrons. The van der Waals surface area contributed by atoms with Gasteiger partial charge < -0.3 is 14.0 Å².